The molecule has 17 heavy (non-hydrogen) atoms. The molecule has 0 saturated heterocycles. The minimum atomic E-state index is 0.395. The number of hydrogen-bond acceptors (Lipinski definition) is 2. The van der Waals surface area contributed by atoms with E-state index in [4.69, 9.17) is 28.9 Å². The van der Waals surface area contributed by atoms with Gasteiger partial charge in [-0.1, -0.05) is 42.1 Å². The summed E-state index contributed by atoms with van der Waals surface area (Å²) < 4.78 is 0. The first-order valence-corrected chi connectivity index (χ1v) is 6.88. The first-order chi connectivity index (χ1) is 8.22. The van der Waals surface area contributed by atoms with Gasteiger partial charge in [0.15, 0.2) is 0 Å². The van der Waals surface area contributed by atoms with Crippen molar-refractivity contribution in [2.75, 3.05) is 11.9 Å². The van der Waals surface area contributed by atoms with Gasteiger partial charge in [0.2, 0.25) is 0 Å². The lowest BCUT2D eigenvalue weighted by Gasteiger charge is -2.32. The first kappa shape index (κ1) is 13.0. The number of rotatable bonds is 3. The fraction of sp³-hybridized carbons (Fsp3) is 0.538. The van der Waals surface area contributed by atoms with Crippen LogP contribution in [0.4, 0.5) is 5.69 Å². The average molecular weight is 273 g/mol. The molecule has 1 aliphatic carbocycles. The highest BCUT2D eigenvalue weighted by Gasteiger charge is 2.24. The molecular formula is C13H18Cl2N2. The Kier molecular flexibility index (Phi) is 4.55. The molecule has 94 valence electrons. The van der Waals surface area contributed by atoms with Crippen LogP contribution in [0.25, 0.3) is 0 Å². The van der Waals surface area contributed by atoms with Crippen LogP contribution in [0.15, 0.2) is 18.2 Å². The highest BCUT2D eigenvalue weighted by Crippen LogP contribution is 2.34. The van der Waals surface area contributed by atoms with E-state index >= 15 is 0 Å². The fourth-order valence-corrected chi connectivity index (χ4v) is 3.01. The number of hydrogen-bond donors (Lipinski definition) is 2. The molecule has 0 aromatic heterocycles. The maximum absolute atomic E-state index is 6.16. The zero-order valence-electron chi connectivity index (χ0n) is 9.76. The van der Waals surface area contributed by atoms with E-state index in [1.54, 1.807) is 0 Å². The number of para-hydroxylation sites is 1. The summed E-state index contributed by atoms with van der Waals surface area (Å²) in [4.78, 5) is 0. The van der Waals surface area contributed by atoms with E-state index in [0.29, 0.717) is 22.0 Å². The Morgan fingerprint density at radius 2 is 1.82 bits per heavy atom. The summed E-state index contributed by atoms with van der Waals surface area (Å²) in [6.45, 7) is 0.722. The monoisotopic (exact) mass is 272 g/mol. The summed E-state index contributed by atoms with van der Waals surface area (Å²) in [7, 11) is 0. The van der Waals surface area contributed by atoms with Gasteiger partial charge in [-0.25, -0.2) is 0 Å². The maximum atomic E-state index is 6.16. The van der Waals surface area contributed by atoms with Gasteiger partial charge in [-0.2, -0.15) is 0 Å². The van der Waals surface area contributed by atoms with Crippen LogP contribution in [0.1, 0.15) is 25.7 Å². The molecule has 1 aliphatic rings. The molecule has 2 nitrogen and oxygen atoms in total. The molecule has 2 rings (SSSR count). The van der Waals surface area contributed by atoms with E-state index in [0.717, 1.165) is 18.7 Å². The fourth-order valence-electron chi connectivity index (χ4n) is 2.50. The average Bonchev–Trinajstić information content (AvgIpc) is 2.34. The number of halogens is 2. The number of nitrogens with one attached hydrogen (secondary N) is 1. The summed E-state index contributed by atoms with van der Waals surface area (Å²) in [6.07, 6.45) is 4.85. The largest absolute Gasteiger partial charge is 0.380 e. The normalized spacial score (nSPS) is 24.6. The summed E-state index contributed by atoms with van der Waals surface area (Å²) in [5.41, 5.74) is 6.67. The molecule has 1 fully saturated rings. The van der Waals surface area contributed by atoms with Crippen LogP contribution < -0.4 is 11.1 Å². The molecule has 2 unspecified atom stereocenters. The van der Waals surface area contributed by atoms with E-state index in [1.165, 1.54) is 19.3 Å². The molecule has 0 bridgehead atoms. The number of nitrogens with two attached hydrogens (primary N) is 1. The lowest BCUT2D eigenvalue weighted by atomic mass is 9.84. The van der Waals surface area contributed by atoms with Crippen molar-refractivity contribution >= 4 is 28.9 Å². The van der Waals surface area contributed by atoms with Gasteiger partial charge in [-0.15, -0.1) is 0 Å². The van der Waals surface area contributed by atoms with Crippen LogP contribution in [0, 0.1) is 5.92 Å². The van der Waals surface area contributed by atoms with Crippen LogP contribution in [0.3, 0.4) is 0 Å². The first-order valence-electron chi connectivity index (χ1n) is 6.13. The Labute approximate surface area is 112 Å². The highest BCUT2D eigenvalue weighted by molar-refractivity contribution is 6.39. The molecule has 0 amide bonds. The van der Waals surface area contributed by atoms with Crippen LogP contribution in [-0.4, -0.2) is 12.6 Å². The molecule has 0 heterocycles. The topological polar surface area (TPSA) is 38.0 Å². The molecule has 3 N–H and O–H groups in total. The second-order valence-electron chi connectivity index (χ2n) is 4.63. The Balaban J connectivity index is 2.13. The highest BCUT2D eigenvalue weighted by atomic mass is 35.5. The van der Waals surface area contributed by atoms with Crippen molar-refractivity contribution < 1.29 is 0 Å². The van der Waals surface area contributed by atoms with Gasteiger partial charge >= 0.3 is 0 Å². The summed E-state index contributed by atoms with van der Waals surface area (Å²) in [6, 6.07) is 5.97. The van der Waals surface area contributed by atoms with Gasteiger partial charge < -0.3 is 11.1 Å². The van der Waals surface area contributed by atoms with Crippen LogP contribution in [-0.2, 0) is 0 Å². The van der Waals surface area contributed by atoms with E-state index < -0.39 is 0 Å². The van der Waals surface area contributed by atoms with E-state index in [-0.39, 0.29) is 0 Å². The lowest BCUT2D eigenvalue weighted by molar-refractivity contribution is 0.332. The summed E-state index contributed by atoms with van der Waals surface area (Å²) in [5.74, 6) is 0.524. The Hall–Kier alpha value is -0.440. The van der Waals surface area contributed by atoms with Crippen LogP contribution in [0.5, 0.6) is 0 Å². The van der Waals surface area contributed by atoms with Gasteiger partial charge in [0, 0.05) is 6.04 Å². The predicted octanol–water partition coefficient (Wildman–Crippen LogP) is 3.92. The summed E-state index contributed by atoms with van der Waals surface area (Å²) >= 11 is 12.3. The van der Waals surface area contributed by atoms with E-state index in [9.17, 15) is 0 Å². The van der Waals surface area contributed by atoms with Crippen molar-refractivity contribution in [2.24, 2.45) is 11.7 Å². The number of anilines is 1. The van der Waals surface area contributed by atoms with Crippen molar-refractivity contribution in [3.05, 3.63) is 28.2 Å². The molecular weight excluding hydrogens is 255 g/mol. The van der Waals surface area contributed by atoms with Gasteiger partial charge in [0.1, 0.15) is 0 Å². The van der Waals surface area contributed by atoms with Gasteiger partial charge in [0.25, 0.3) is 0 Å². The maximum Gasteiger partial charge on any atom is 0.0721 e. The Bertz CT molecular complexity index is 361. The summed E-state index contributed by atoms with van der Waals surface area (Å²) in [5, 5.41) is 4.83. The number of benzene rings is 1. The SMILES string of the molecule is NCC1CCCCC1Nc1c(Cl)cccc1Cl. The van der Waals surface area contributed by atoms with Crippen molar-refractivity contribution in [3.63, 3.8) is 0 Å². The second kappa shape index (κ2) is 5.94. The van der Waals surface area contributed by atoms with E-state index in [2.05, 4.69) is 5.32 Å². The third-order valence-corrected chi connectivity index (χ3v) is 4.13. The van der Waals surface area contributed by atoms with E-state index in [1.807, 2.05) is 18.2 Å². The van der Waals surface area contributed by atoms with Crippen molar-refractivity contribution in [1.82, 2.24) is 0 Å². The molecule has 0 spiro atoms. The minimum Gasteiger partial charge on any atom is -0.380 e. The molecule has 0 aliphatic heterocycles. The van der Waals surface area contributed by atoms with Gasteiger partial charge in [-0.05, 0) is 37.4 Å². The third kappa shape index (κ3) is 3.06. The third-order valence-electron chi connectivity index (χ3n) is 3.50. The van der Waals surface area contributed by atoms with Crippen LogP contribution in [0.2, 0.25) is 10.0 Å². The Morgan fingerprint density at radius 3 is 2.47 bits per heavy atom. The predicted molar refractivity (Wildman–Crippen MR) is 74.9 cm³/mol. The zero-order valence-corrected chi connectivity index (χ0v) is 11.3. The standard InChI is InChI=1S/C13H18Cl2N2/c14-10-5-3-6-11(15)13(10)17-12-7-2-1-4-9(12)8-16/h3,5-6,9,12,17H,1-2,4,7-8,16H2. The Morgan fingerprint density at radius 1 is 1.18 bits per heavy atom. The van der Waals surface area contributed by atoms with Crippen molar-refractivity contribution in [3.8, 4) is 0 Å². The van der Waals surface area contributed by atoms with Crippen LogP contribution >= 0.6 is 23.2 Å². The van der Waals surface area contributed by atoms with Crippen molar-refractivity contribution in [2.45, 2.75) is 31.7 Å². The molecule has 1 aromatic carbocycles. The second-order valence-corrected chi connectivity index (χ2v) is 5.44. The molecule has 1 aromatic rings. The molecule has 2 atom stereocenters. The zero-order chi connectivity index (χ0) is 12.3. The van der Waals surface area contributed by atoms with Gasteiger partial charge in [-0.3, -0.25) is 0 Å². The lowest BCUT2D eigenvalue weighted by Crippen LogP contribution is -2.36. The molecule has 0 radical (unpaired) electrons. The van der Waals surface area contributed by atoms with Crippen molar-refractivity contribution in [1.29, 1.82) is 0 Å². The molecule has 4 heteroatoms. The smallest absolute Gasteiger partial charge is 0.0721 e. The molecule has 1 saturated carbocycles. The van der Waals surface area contributed by atoms with Gasteiger partial charge in [0.05, 0.1) is 15.7 Å². The minimum absolute atomic E-state index is 0.395. The quantitative estimate of drug-likeness (QED) is 0.875.